The van der Waals surface area contributed by atoms with Crippen molar-refractivity contribution in [1.82, 2.24) is 5.32 Å². The van der Waals surface area contributed by atoms with Crippen LogP contribution in [0.25, 0.3) is 0 Å². The molecule has 0 saturated heterocycles. The molecule has 0 unspecified atom stereocenters. The summed E-state index contributed by atoms with van der Waals surface area (Å²) < 4.78 is 5.10. The molecule has 0 aromatic heterocycles. The van der Waals surface area contributed by atoms with E-state index in [0.29, 0.717) is 22.9 Å². The molecule has 88 valence electrons. The van der Waals surface area contributed by atoms with Crippen molar-refractivity contribution in [2.75, 3.05) is 19.0 Å². The highest BCUT2D eigenvalue weighted by molar-refractivity contribution is 9.09. The van der Waals surface area contributed by atoms with Crippen LogP contribution in [-0.2, 0) is 0 Å². The molecule has 0 aliphatic rings. The van der Waals surface area contributed by atoms with Crippen molar-refractivity contribution in [1.29, 1.82) is 0 Å². The smallest absolute Gasteiger partial charge is 0.255 e. The second kappa shape index (κ2) is 6.76. The molecular formula is C11H13BrClNO2. The number of benzene rings is 1. The van der Waals surface area contributed by atoms with Crippen molar-refractivity contribution in [2.24, 2.45) is 0 Å². The molecule has 3 nitrogen and oxygen atoms in total. The molecule has 0 atom stereocenters. The van der Waals surface area contributed by atoms with Gasteiger partial charge in [0, 0.05) is 16.9 Å². The summed E-state index contributed by atoms with van der Waals surface area (Å²) >= 11 is 9.11. The second-order valence-corrected chi connectivity index (χ2v) is 4.37. The van der Waals surface area contributed by atoms with Crippen LogP contribution in [0.4, 0.5) is 0 Å². The maximum atomic E-state index is 11.8. The third-order valence-corrected chi connectivity index (χ3v) is 2.80. The zero-order valence-electron chi connectivity index (χ0n) is 8.93. The fraction of sp³-hybridized carbons (Fsp3) is 0.364. The summed E-state index contributed by atoms with van der Waals surface area (Å²) in [6.45, 7) is 0.635. The van der Waals surface area contributed by atoms with Crippen LogP contribution in [0.5, 0.6) is 5.75 Å². The Kier molecular flexibility index (Phi) is 5.63. The average Bonchev–Trinajstić information content (AvgIpc) is 2.29. The summed E-state index contributed by atoms with van der Waals surface area (Å²) in [7, 11) is 1.51. The van der Waals surface area contributed by atoms with Crippen LogP contribution in [0, 0.1) is 0 Å². The van der Waals surface area contributed by atoms with Gasteiger partial charge in [-0.25, -0.2) is 0 Å². The summed E-state index contributed by atoms with van der Waals surface area (Å²) in [5.41, 5.74) is 0.501. The number of hydrogen-bond acceptors (Lipinski definition) is 2. The lowest BCUT2D eigenvalue weighted by molar-refractivity contribution is 0.0951. The Morgan fingerprint density at radius 1 is 1.56 bits per heavy atom. The van der Waals surface area contributed by atoms with Gasteiger partial charge in [0.05, 0.1) is 12.7 Å². The molecule has 5 heteroatoms. The predicted octanol–water partition coefficient (Wildman–Crippen LogP) is 2.86. The monoisotopic (exact) mass is 305 g/mol. The van der Waals surface area contributed by atoms with Gasteiger partial charge in [-0.2, -0.15) is 0 Å². The molecule has 1 N–H and O–H groups in total. The predicted molar refractivity (Wildman–Crippen MR) is 68.7 cm³/mol. The van der Waals surface area contributed by atoms with E-state index < -0.39 is 0 Å². The quantitative estimate of drug-likeness (QED) is 0.671. The summed E-state index contributed by atoms with van der Waals surface area (Å²) in [6, 6.07) is 4.95. The molecule has 1 amide bonds. The molecule has 1 rings (SSSR count). The summed E-state index contributed by atoms with van der Waals surface area (Å²) in [4.78, 5) is 11.8. The topological polar surface area (TPSA) is 38.3 Å². The zero-order chi connectivity index (χ0) is 12.0. The van der Waals surface area contributed by atoms with Crippen molar-refractivity contribution >= 4 is 33.4 Å². The van der Waals surface area contributed by atoms with Crippen molar-refractivity contribution in [2.45, 2.75) is 6.42 Å². The van der Waals surface area contributed by atoms with Crippen LogP contribution in [0.1, 0.15) is 16.8 Å². The maximum Gasteiger partial charge on any atom is 0.255 e. The lowest BCUT2D eigenvalue weighted by Crippen LogP contribution is -2.25. The molecular weight excluding hydrogens is 293 g/mol. The van der Waals surface area contributed by atoms with E-state index in [1.54, 1.807) is 18.2 Å². The highest BCUT2D eigenvalue weighted by atomic mass is 79.9. The number of nitrogens with one attached hydrogen (secondary N) is 1. The van der Waals surface area contributed by atoms with Crippen molar-refractivity contribution < 1.29 is 9.53 Å². The number of amides is 1. The van der Waals surface area contributed by atoms with Gasteiger partial charge in [0.1, 0.15) is 5.75 Å². The number of alkyl halides is 1. The van der Waals surface area contributed by atoms with Crippen LogP contribution < -0.4 is 10.1 Å². The van der Waals surface area contributed by atoms with E-state index in [9.17, 15) is 4.79 Å². The van der Waals surface area contributed by atoms with Crippen LogP contribution >= 0.6 is 27.5 Å². The Morgan fingerprint density at radius 2 is 2.31 bits per heavy atom. The third kappa shape index (κ3) is 3.68. The van der Waals surface area contributed by atoms with Gasteiger partial charge < -0.3 is 10.1 Å². The van der Waals surface area contributed by atoms with Crippen LogP contribution in [0.15, 0.2) is 18.2 Å². The molecule has 0 bridgehead atoms. The third-order valence-electron chi connectivity index (χ3n) is 2.00. The molecule has 1 aromatic carbocycles. The van der Waals surface area contributed by atoms with E-state index in [4.69, 9.17) is 16.3 Å². The molecule has 0 fully saturated rings. The van der Waals surface area contributed by atoms with Gasteiger partial charge in [-0.1, -0.05) is 27.5 Å². The minimum Gasteiger partial charge on any atom is -0.496 e. The highest BCUT2D eigenvalue weighted by Gasteiger charge is 2.11. The van der Waals surface area contributed by atoms with Gasteiger partial charge >= 0.3 is 0 Å². The Balaban J connectivity index is 2.74. The standard InChI is InChI=1S/C11H13BrClNO2/c1-16-10-7-8(13)3-4-9(10)11(15)14-6-2-5-12/h3-4,7H,2,5-6H2,1H3,(H,14,15). The van der Waals surface area contributed by atoms with Crippen LogP contribution in [0.3, 0.4) is 0 Å². The normalized spacial score (nSPS) is 9.94. The molecule has 0 saturated carbocycles. The number of ether oxygens (including phenoxy) is 1. The molecule has 0 aliphatic heterocycles. The van der Waals surface area contributed by atoms with E-state index in [1.807, 2.05) is 0 Å². The first-order valence-corrected chi connectivity index (χ1v) is 6.36. The van der Waals surface area contributed by atoms with Crippen LogP contribution in [-0.4, -0.2) is 24.9 Å². The molecule has 0 heterocycles. The van der Waals surface area contributed by atoms with Gasteiger partial charge in [-0.3, -0.25) is 4.79 Å². The maximum absolute atomic E-state index is 11.8. The fourth-order valence-electron chi connectivity index (χ4n) is 1.22. The minimum absolute atomic E-state index is 0.144. The van der Waals surface area contributed by atoms with Crippen molar-refractivity contribution in [3.8, 4) is 5.75 Å². The van der Waals surface area contributed by atoms with Gasteiger partial charge in [0.2, 0.25) is 0 Å². The largest absolute Gasteiger partial charge is 0.496 e. The van der Waals surface area contributed by atoms with Crippen molar-refractivity contribution in [3.05, 3.63) is 28.8 Å². The van der Waals surface area contributed by atoms with E-state index in [-0.39, 0.29) is 5.91 Å². The molecule has 0 aliphatic carbocycles. The van der Waals surface area contributed by atoms with Crippen molar-refractivity contribution in [3.63, 3.8) is 0 Å². The minimum atomic E-state index is -0.144. The Morgan fingerprint density at radius 3 is 2.94 bits per heavy atom. The Labute approximate surface area is 108 Å². The molecule has 16 heavy (non-hydrogen) atoms. The van der Waals surface area contributed by atoms with Gasteiger partial charge in [0.25, 0.3) is 5.91 Å². The lowest BCUT2D eigenvalue weighted by Gasteiger charge is -2.09. The molecule has 1 aromatic rings. The van der Waals surface area contributed by atoms with Gasteiger partial charge in [-0.05, 0) is 24.6 Å². The molecule has 0 radical (unpaired) electrons. The molecule has 0 spiro atoms. The number of rotatable bonds is 5. The van der Waals surface area contributed by atoms with Gasteiger partial charge in [0.15, 0.2) is 0 Å². The first kappa shape index (κ1) is 13.3. The lowest BCUT2D eigenvalue weighted by atomic mass is 10.2. The Hall–Kier alpha value is -0.740. The zero-order valence-corrected chi connectivity index (χ0v) is 11.3. The second-order valence-electron chi connectivity index (χ2n) is 3.14. The number of carbonyl (C=O) groups excluding carboxylic acids is 1. The Bertz CT molecular complexity index is 371. The van der Waals surface area contributed by atoms with Crippen LogP contribution in [0.2, 0.25) is 5.02 Å². The first-order valence-electron chi connectivity index (χ1n) is 4.86. The summed E-state index contributed by atoms with van der Waals surface area (Å²) in [5, 5.41) is 4.22. The summed E-state index contributed by atoms with van der Waals surface area (Å²) in [6.07, 6.45) is 0.891. The SMILES string of the molecule is COc1cc(Cl)ccc1C(=O)NCCCBr. The fourth-order valence-corrected chi connectivity index (χ4v) is 1.66. The highest BCUT2D eigenvalue weighted by Crippen LogP contribution is 2.22. The van der Waals surface area contributed by atoms with E-state index in [2.05, 4.69) is 21.2 Å². The van der Waals surface area contributed by atoms with Gasteiger partial charge in [-0.15, -0.1) is 0 Å². The number of methoxy groups -OCH3 is 1. The van der Waals surface area contributed by atoms with E-state index in [0.717, 1.165) is 11.8 Å². The summed E-state index contributed by atoms with van der Waals surface area (Å²) in [5.74, 6) is 0.346. The number of hydrogen-bond donors (Lipinski definition) is 1. The average molecular weight is 307 g/mol. The first-order chi connectivity index (χ1) is 7.69. The van der Waals surface area contributed by atoms with E-state index in [1.165, 1.54) is 7.11 Å². The number of carbonyl (C=O) groups is 1. The number of halogens is 2. The van der Waals surface area contributed by atoms with E-state index >= 15 is 0 Å².